The Balaban J connectivity index is 1.91. The van der Waals surface area contributed by atoms with Crippen LogP contribution in [0, 0.1) is 19.8 Å². The average molecular weight is 416 g/mol. The number of benzene rings is 1. The van der Waals surface area contributed by atoms with E-state index in [1.165, 1.54) is 17.8 Å². The molecule has 1 amide bonds. The van der Waals surface area contributed by atoms with Gasteiger partial charge in [0.15, 0.2) is 5.16 Å². The second-order valence-corrected chi connectivity index (χ2v) is 8.06. The number of nitrogens with zero attached hydrogens (tertiary/aromatic N) is 2. The van der Waals surface area contributed by atoms with Crippen LogP contribution in [0.4, 0.5) is 5.69 Å². The molecule has 1 heterocycles. The van der Waals surface area contributed by atoms with Crippen LogP contribution in [0.15, 0.2) is 35.5 Å². The number of hydrogen-bond acceptors (Lipinski definition) is 5. The Labute approximate surface area is 176 Å². The lowest BCUT2D eigenvalue weighted by molar-refractivity contribution is -0.137. The summed E-state index contributed by atoms with van der Waals surface area (Å²) in [5, 5.41) is 3.77. The number of rotatable bonds is 9. The number of esters is 1. The fourth-order valence-electron chi connectivity index (χ4n) is 2.67. The first-order valence-electron chi connectivity index (χ1n) is 9.71. The van der Waals surface area contributed by atoms with Crippen LogP contribution in [0.2, 0.25) is 0 Å². The number of anilines is 1. The first-order valence-corrected chi connectivity index (χ1v) is 10.7. The largest absolute Gasteiger partial charge is 0.463 e. The van der Waals surface area contributed by atoms with Crippen molar-refractivity contribution in [2.75, 3.05) is 17.7 Å². The van der Waals surface area contributed by atoms with Crippen molar-refractivity contribution in [2.45, 2.75) is 46.3 Å². The highest BCUT2D eigenvalue weighted by molar-refractivity contribution is 7.99. The molecule has 1 aromatic heterocycles. The lowest BCUT2D eigenvalue weighted by atomic mass is 10.2. The maximum Gasteiger partial charge on any atom is 0.330 e. The first kappa shape index (κ1) is 22.7. The van der Waals surface area contributed by atoms with E-state index < -0.39 is 0 Å². The highest BCUT2D eigenvalue weighted by Gasteiger charge is 2.14. The Bertz CT molecular complexity index is 870. The fourth-order valence-corrected chi connectivity index (χ4v) is 3.57. The molecule has 1 N–H and O–H groups in total. The highest BCUT2D eigenvalue weighted by atomic mass is 32.2. The second kappa shape index (κ2) is 10.9. The van der Waals surface area contributed by atoms with Crippen molar-refractivity contribution in [3.8, 4) is 0 Å². The molecule has 1 aromatic carbocycles. The molecule has 0 radical (unpaired) electrons. The van der Waals surface area contributed by atoms with Crippen LogP contribution in [0.1, 0.15) is 37.7 Å². The molecule has 0 bridgehead atoms. The number of carbonyl (C=O) groups excluding carboxylic acids is 2. The summed E-state index contributed by atoms with van der Waals surface area (Å²) in [6.07, 6.45) is 3.07. The van der Waals surface area contributed by atoms with E-state index >= 15 is 0 Å². The molecule has 0 aliphatic rings. The summed E-state index contributed by atoms with van der Waals surface area (Å²) in [5.41, 5.74) is 3.71. The number of carbonyl (C=O) groups is 2. The van der Waals surface area contributed by atoms with Crippen molar-refractivity contribution in [3.05, 3.63) is 47.3 Å². The van der Waals surface area contributed by atoms with Gasteiger partial charge < -0.3 is 14.6 Å². The molecule has 0 unspecified atom stereocenters. The number of thioether (sulfide) groups is 1. The van der Waals surface area contributed by atoms with E-state index in [4.69, 9.17) is 4.74 Å². The van der Waals surface area contributed by atoms with Crippen molar-refractivity contribution in [1.82, 2.24) is 9.55 Å². The lowest BCUT2D eigenvalue weighted by Gasteiger charge is -2.12. The molecule has 0 fully saturated rings. The van der Waals surface area contributed by atoms with Crippen molar-refractivity contribution in [2.24, 2.45) is 5.92 Å². The van der Waals surface area contributed by atoms with E-state index in [1.54, 1.807) is 25.1 Å². The molecule has 7 heteroatoms. The highest BCUT2D eigenvalue weighted by Crippen LogP contribution is 2.23. The summed E-state index contributed by atoms with van der Waals surface area (Å²) in [6.45, 7) is 11.4. The van der Waals surface area contributed by atoms with Gasteiger partial charge in [-0.25, -0.2) is 9.78 Å². The number of nitrogens with one attached hydrogen (secondary N) is 1. The molecule has 156 valence electrons. The van der Waals surface area contributed by atoms with Crippen LogP contribution < -0.4 is 5.32 Å². The van der Waals surface area contributed by atoms with Crippen LogP contribution in [-0.4, -0.2) is 33.8 Å². The Morgan fingerprint density at radius 1 is 1.24 bits per heavy atom. The molecule has 0 aliphatic heterocycles. The molecule has 2 rings (SSSR count). The number of amides is 1. The van der Waals surface area contributed by atoms with Crippen molar-refractivity contribution in [3.63, 3.8) is 0 Å². The number of aryl methyl sites for hydroxylation is 1. The normalized spacial score (nSPS) is 11.2. The van der Waals surface area contributed by atoms with Crippen LogP contribution in [0.25, 0.3) is 6.08 Å². The molecule has 0 aliphatic carbocycles. The van der Waals surface area contributed by atoms with E-state index in [9.17, 15) is 9.59 Å². The average Bonchev–Trinajstić information content (AvgIpc) is 2.93. The van der Waals surface area contributed by atoms with Gasteiger partial charge in [-0.1, -0.05) is 37.7 Å². The molecular weight excluding hydrogens is 386 g/mol. The smallest absolute Gasteiger partial charge is 0.330 e. The van der Waals surface area contributed by atoms with E-state index in [-0.39, 0.29) is 11.9 Å². The summed E-state index contributed by atoms with van der Waals surface area (Å²) in [4.78, 5) is 28.3. The topological polar surface area (TPSA) is 73.2 Å². The minimum absolute atomic E-state index is 0.0841. The third-order valence-electron chi connectivity index (χ3n) is 4.20. The quantitative estimate of drug-likeness (QED) is 0.372. The maximum atomic E-state index is 12.3. The maximum absolute atomic E-state index is 12.3. The van der Waals surface area contributed by atoms with Gasteiger partial charge in [0.1, 0.15) is 0 Å². The number of imidazole rings is 1. The molecular formula is C22H29N3O3S. The van der Waals surface area contributed by atoms with Crippen LogP contribution in [0.5, 0.6) is 0 Å². The summed E-state index contributed by atoms with van der Waals surface area (Å²) >= 11 is 1.45. The van der Waals surface area contributed by atoms with Gasteiger partial charge in [-0.15, -0.1) is 0 Å². The van der Waals surface area contributed by atoms with Gasteiger partial charge in [-0.2, -0.15) is 0 Å². The van der Waals surface area contributed by atoms with Gasteiger partial charge >= 0.3 is 5.97 Å². The molecule has 0 saturated heterocycles. The molecule has 0 spiro atoms. The molecule has 29 heavy (non-hydrogen) atoms. The standard InChI is InChI=1S/C22H29N3O3S/c1-6-28-21(27)12-9-18-7-10-19(11-8-18)24-20(26)14-29-22-23-16(4)17(5)25(22)13-15(2)3/h7-12,15H,6,13-14H2,1-5H3,(H,24,26)/b12-9+. The van der Waals surface area contributed by atoms with Gasteiger partial charge in [-0.3, -0.25) is 4.79 Å². The number of aromatic nitrogens is 2. The zero-order valence-electron chi connectivity index (χ0n) is 17.7. The molecule has 6 nitrogen and oxygen atoms in total. The zero-order chi connectivity index (χ0) is 21.4. The van der Waals surface area contributed by atoms with Crippen molar-refractivity contribution < 1.29 is 14.3 Å². The SMILES string of the molecule is CCOC(=O)/C=C/c1ccc(NC(=O)CSc2nc(C)c(C)n2CC(C)C)cc1. The summed E-state index contributed by atoms with van der Waals surface area (Å²) < 4.78 is 7.03. The zero-order valence-corrected chi connectivity index (χ0v) is 18.5. The third kappa shape index (κ3) is 7.09. The van der Waals surface area contributed by atoms with E-state index in [0.29, 0.717) is 24.0 Å². The van der Waals surface area contributed by atoms with Gasteiger partial charge in [0.05, 0.1) is 18.1 Å². The van der Waals surface area contributed by atoms with Gasteiger partial charge in [0.25, 0.3) is 0 Å². The van der Waals surface area contributed by atoms with Crippen LogP contribution >= 0.6 is 11.8 Å². The van der Waals surface area contributed by atoms with Crippen molar-refractivity contribution in [1.29, 1.82) is 0 Å². The molecule has 0 saturated carbocycles. The van der Waals surface area contributed by atoms with Crippen LogP contribution in [-0.2, 0) is 20.9 Å². The van der Waals surface area contributed by atoms with E-state index in [0.717, 1.165) is 28.7 Å². The van der Waals surface area contributed by atoms with Crippen molar-refractivity contribution >= 4 is 35.4 Å². The number of ether oxygens (including phenoxy) is 1. The second-order valence-electron chi connectivity index (χ2n) is 7.11. The first-order chi connectivity index (χ1) is 13.8. The Hall–Kier alpha value is -2.54. The summed E-state index contributed by atoms with van der Waals surface area (Å²) in [6, 6.07) is 7.28. The molecule has 2 aromatic rings. The minimum Gasteiger partial charge on any atom is -0.463 e. The monoisotopic (exact) mass is 415 g/mol. The number of hydrogen-bond donors (Lipinski definition) is 1. The molecule has 0 atom stereocenters. The van der Waals surface area contributed by atoms with Gasteiger partial charge in [0, 0.05) is 24.0 Å². The Kier molecular flexibility index (Phi) is 8.51. The fraction of sp³-hybridized carbons (Fsp3) is 0.409. The predicted molar refractivity (Wildman–Crippen MR) is 118 cm³/mol. The summed E-state index contributed by atoms with van der Waals surface area (Å²) in [7, 11) is 0. The summed E-state index contributed by atoms with van der Waals surface area (Å²) in [5.74, 6) is 0.340. The van der Waals surface area contributed by atoms with E-state index in [1.807, 2.05) is 19.1 Å². The Morgan fingerprint density at radius 2 is 1.93 bits per heavy atom. The predicted octanol–water partition coefficient (Wildman–Crippen LogP) is 4.46. The van der Waals surface area contributed by atoms with E-state index in [2.05, 4.69) is 35.6 Å². The third-order valence-corrected chi connectivity index (χ3v) is 5.17. The van der Waals surface area contributed by atoms with Gasteiger partial charge in [0.2, 0.25) is 5.91 Å². The Morgan fingerprint density at radius 3 is 2.55 bits per heavy atom. The van der Waals surface area contributed by atoms with Gasteiger partial charge in [-0.05, 0) is 50.5 Å². The minimum atomic E-state index is -0.372. The van der Waals surface area contributed by atoms with Crippen LogP contribution in [0.3, 0.4) is 0 Å². The lowest BCUT2D eigenvalue weighted by Crippen LogP contribution is -2.15.